The molecule has 0 aliphatic heterocycles. The molecule has 0 radical (unpaired) electrons. The molecular formula is C57H37N5. The van der Waals surface area contributed by atoms with Crippen molar-refractivity contribution in [2.45, 2.75) is 19.3 Å². The van der Waals surface area contributed by atoms with Crippen LogP contribution in [0.25, 0.3) is 81.7 Å². The van der Waals surface area contributed by atoms with E-state index in [2.05, 4.69) is 203 Å². The monoisotopic (exact) mass is 791 g/mol. The van der Waals surface area contributed by atoms with E-state index in [0.29, 0.717) is 22.6 Å². The smallest absolute Gasteiger partial charge is 0.212 e. The molecule has 62 heavy (non-hydrogen) atoms. The maximum absolute atomic E-state index is 11.2. The highest BCUT2D eigenvalue weighted by Gasteiger charge is 2.38. The number of rotatable bonds is 5. The van der Waals surface area contributed by atoms with E-state index >= 15 is 0 Å². The molecule has 0 unspecified atom stereocenters. The Kier molecular flexibility index (Phi) is 7.64. The number of nitriles is 1. The van der Waals surface area contributed by atoms with Crippen molar-refractivity contribution in [1.82, 2.24) is 9.13 Å². The lowest BCUT2D eigenvalue weighted by Crippen LogP contribution is -2.16. The van der Waals surface area contributed by atoms with Crippen LogP contribution < -0.4 is 4.90 Å². The molecule has 2 heterocycles. The normalized spacial score (nSPS) is 12.8. The highest BCUT2D eigenvalue weighted by Crippen LogP contribution is 2.53. The van der Waals surface area contributed by atoms with Crippen molar-refractivity contribution < 1.29 is 0 Å². The molecule has 290 valence electrons. The molecule has 1 aliphatic rings. The summed E-state index contributed by atoms with van der Waals surface area (Å²) in [5, 5.41) is 17.9. The van der Waals surface area contributed by atoms with Gasteiger partial charge in [-0.1, -0.05) is 135 Å². The van der Waals surface area contributed by atoms with Crippen LogP contribution in [0.15, 0.2) is 188 Å². The number of para-hydroxylation sites is 3. The topological polar surface area (TPSA) is 41.2 Å². The van der Waals surface area contributed by atoms with Crippen molar-refractivity contribution in [3.63, 3.8) is 0 Å². The van der Waals surface area contributed by atoms with Crippen LogP contribution in [0.3, 0.4) is 0 Å². The van der Waals surface area contributed by atoms with E-state index < -0.39 is 0 Å². The third-order valence-corrected chi connectivity index (χ3v) is 13.1. The number of benzene rings is 9. The van der Waals surface area contributed by atoms with Crippen LogP contribution in [0.5, 0.6) is 0 Å². The predicted octanol–water partition coefficient (Wildman–Crippen LogP) is 15.2. The van der Waals surface area contributed by atoms with Gasteiger partial charge in [0.2, 0.25) is 5.69 Å². The Balaban J connectivity index is 1.14. The van der Waals surface area contributed by atoms with Gasteiger partial charge in [0, 0.05) is 44.0 Å². The van der Waals surface area contributed by atoms with Gasteiger partial charge in [-0.3, -0.25) is 0 Å². The van der Waals surface area contributed by atoms with Crippen molar-refractivity contribution in [2.75, 3.05) is 4.90 Å². The van der Waals surface area contributed by atoms with Crippen molar-refractivity contribution in [1.29, 1.82) is 5.26 Å². The first-order valence-corrected chi connectivity index (χ1v) is 21.0. The number of aromatic nitrogens is 2. The zero-order valence-corrected chi connectivity index (χ0v) is 34.1. The van der Waals surface area contributed by atoms with Crippen LogP contribution in [0.1, 0.15) is 30.5 Å². The summed E-state index contributed by atoms with van der Waals surface area (Å²) in [6, 6.07) is 68.4. The molecule has 2 aromatic heterocycles. The molecule has 0 saturated carbocycles. The molecule has 5 heteroatoms. The second-order valence-electron chi connectivity index (χ2n) is 16.7. The number of nitrogens with zero attached hydrogens (tertiary/aromatic N) is 5. The van der Waals surface area contributed by atoms with E-state index in [1.165, 1.54) is 22.3 Å². The summed E-state index contributed by atoms with van der Waals surface area (Å²) in [7, 11) is 0. The van der Waals surface area contributed by atoms with Gasteiger partial charge < -0.3 is 14.0 Å². The van der Waals surface area contributed by atoms with Crippen LogP contribution in [0.4, 0.5) is 22.7 Å². The Morgan fingerprint density at radius 2 is 1.19 bits per heavy atom. The van der Waals surface area contributed by atoms with Crippen molar-refractivity contribution in [2.24, 2.45) is 0 Å². The molecule has 0 atom stereocenters. The van der Waals surface area contributed by atoms with Crippen molar-refractivity contribution >= 4 is 77.1 Å². The second kappa shape index (κ2) is 13.3. The molecule has 0 spiro atoms. The highest BCUT2D eigenvalue weighted by molar-refractivity contribution is 6.22. The lowest BCUT2D eigenvalue weighted by Gasteiger charge is -2.25. The molecule has 9 aromatic carbocycles. The van der Waals surface area contributed by atoms with E-state index in [-0.39, 0.29) is 5.41 Å². The molecule has 11 aromatic rings. The fourth-order valence-electron chi connectivity index (χ4n) is 10.5. The lowest BCUT2D eigenvalue weighted by atomic mass is 9.81. The zero-order chi connectivity index (χ0) is 41.7. The molecule has 0 N–H and O–H groups in total. The Morgan fingerprint density at radius 1 is 0.532 bits per heavy atom. The number of hydrogen-bond donors (Lipinski definition) is 0. The van der Waals surface area contributed by atoms with Crippen LogP contribution in [0, 0.1) is 17.9 Å². The number of fused-ring (bicyclic) bond motifs is 12. The van der Waals surface area contributed by atoms with Gasteiger partial charge in [-0.2, -0.15) is 5.26 Å². The molecule has 1 aliphatic carbocycles. The van der Waals surface area contributed by atoms with Crippen molar-refractivity contribution in [3.05, 3.63) is 216 Å². The molecule has 0 saturated heterocycles. The van der Waals surface area contributed by atoms with Crippen LogP contribution in [-0.4, -0.2) is 9.13 Å². The Hall–Kier alpha value is -8.38. The van der Waals surface area contributed by atoms with Gasteiger partial charge in [-0.15, -0.1) is 0 Å². The average Bonchev–Trinajstić information content (AvgIpc) is 3.92. The third-order valence-electron chi connectivity index (χ3n) is 13.1. The van der Waals surface area contributed by atoms with Gasteiger partial charge in [0.05, 0.1) is 45.6 Å². The van der Waals surface area contributed by atoms with Crippen LogP contribution in [0.2, 0.25) is 0 Å². The number of hydrogen-bond acceptors (Lipinski definition) is 2. The van der Waals surface area contributed by atoms with E-state index in [4.69, 9.17) is 6.57 Å². The van der Waals surface area contributed by atoms with E-state index in [1.807, 2.05) is 24.3 Å². The summed E-state index contributed by atoms with van der Waals surface area (Å²) in [6.45, 7) is 13.4. The standard InChI is InChI=1S/C57H37N5/c1-57(2)47-24-14-12-22-42(47)44-28-29-45-43-23-13-15-25-49(43)62(56(45)55(44)57)53-32-37(35-58)52(34-48(53)59-3)61-50-31-27-40(60(38-17-6-4-7-18-38)39-19-8-5-9-20-39)33-46(50)54-41-21-11-10-16-36(41)26-30-51(54)61/h4-34H,1-2H3. The second-order valence-corrected chi connectivity index (χ2v) is 16.7. The minimum atomic E-state index is -0.297. The zero-order valence-electron chi connectivity index (χ0n) is 34.1. The number of anilines is 3. The molecule has 0 amide bonds. The maximum atomic E-state index is 11.2. The Bertz CT molecular complexity index is 3700. The van der Waals surface area contributed by atoms with E-state index in [0.717, 1.165) is 71.4 Å². The lowest BCUT2D eigenvalue weighted by molar-refractivity contribution is 0.664. The summed E-state index contributed by atoms with van der Waals surface area (Å²) >= 11 is 0. The first kappa shape index (κ1) is 35.6. The molecule has 0 bridgehead atoms. The average molecular weight is 792 g/mol. The van der Waals surface area contributed by atoms with Gasteiger partial charge in [0.25, 0.3) is 0 Å². The Labute approximate surface area is 359 Å². The summed E-state index contributed by atoms with van der Waals surface area (Å²) in [6.07, 6.45) is 0. The maximum Gasteiger partial charge on any atom is 0.212 e. The van der Waals surface area contributed by atoms with E-state index in [1.54, 1.807) is 0 Å². The van der Waals surface area contributed by atoms with Gasteiger partial charge in [-0.25, -0.2) is 4.85 Å². The summed E-state index contributed by atoms with van der Waals surface area (Å²) in [5.74, 6) is 0. The van der Waals surface area contributed by atoms with Gasteiger partial charge in [0.15, 0.2) is 0 Å². The molecule has 5 nitrogen and oxygen atoms in total. The first-order valence-electron chi connectivity index (χ1n) is 21.0. The molecule has 12 rings (SSSR count). The fourth-order valence-corrected chi connectivity index (χ4v) is 10.5. The van der Waals surface area contributed by atoms with Crippen molar-refractivity contribution in [3.8, 4) is 28.6 Å². The fraction of sp³-hybridized carbons (Fsp3) is 0.0526. The third kappa shape index (κ3) is 4.94. The molecule has 0 fully saturated rings. The van der Waals surface area contributed by atoms with Gasteiger partial charge >= 0.3 is 0 Å². The highest BCUT2D eigenvalue weighted by atomic mass is 15.1. The summed E-state index contributed by atoms with van der Waals surface area (Å²) in [5.41, 5.74) is 14.1. The predicted molar refractivity (Wildman–Crippen MR) is 256 cm³/mol. The molecular weight excluding hydrogens is 755 g/mol. The van der Waals surface area contributed by atoms with Gasteiger partial charge in [0.1, 0.15) is 6.07 Å². The summed E-state index contributed by atoms with van der Waals surface area (Å²) in [4.78, 5) is 6.55. The Morgan fingerprint density at radius 3 is 1.95 bits per heavy atom. The van der Waals surface area contributed by atoms with Crippen LogP contribution in [-0.2, 0) is 5.41 Å². The summed E-state index contributed by atoms with van der Waals surface area (Å²) < 4.78 is 4.44. The van der Waals surface area contributed by atoms with Gasteiger partial charge in [-0.05, 0) is 99.8 Å². The first-order chi connectivity index (χ1) is 30.5. The largest absolute Gasteiger partial charge is 0.319 e. The SMILES string of the molecule is [C-]#[N+]c1cc(-n2c3ccc(N(c4ccccc4)c4ccccc4)cc3c3c4ccccc4ccc32)c(C#N)cc1-n1c2ccccc2c2ccc3c(c21)C(C)(C)c1ccccc1-3. The minimum absolute atomic E-state index is 0.297. The quantitative estimate of drug-likeness (QED) is 0.163. The van der Waals surface area contributed by atoms with Crippen LogP contribution >= 0.6 is 0 Å². The minimum Gasteiger partial charge on any atom is -0.319 e. The van der Waals surface area contributed by atoms with E-state index in [9.17, 15) is 5.26 Å².